The van der Waals surface area contributed by atoms with Crippen LogP contribution in [0.1, 0.15) is 18.4 Å². The van der Waals surface area contributed by atoms with Crippen molar-refractivity contribution in [3.8, 4) is 0 Å². The number of rotatable bonds is 5. The van der Waals surface area contributed by atoms with Crippen LogP contribution in [0.3, 0.4) is 0 Å². The molecule has 25 heavy (non-hydrogen) atoms. The van der Waals surface area contributed by atoms with Crippen molar-refractivity contribution in [2.75, 3.05) is 0 Å². The summed E-state index contributed by atoms with van der Waals surface area (Å²) in [4.78, 5) is 14.8. The first kappa shape index (κ1) is 15.8. The van der Waals surface area contributed by atoms with Crippen molar-refractivity contribution in [1.82, 2.24) is 8.96 Å². The summed E-state index contributed by atoms with van der Waals surface area (Å²) < 4.78 is 27.1. The normalized spacial score (nSPS) is 14.7. The Balaban J connectivity index is 1.93. The second-order valence-corrected chi connectivity index (χ2v) is 8.05. The zero-order valence-electron chi connectivity index (χ0n) is 13.2. The zero-order chi connectivity index (χ0) is 17.6. The predicted octanol–water partition coefficient (Wildman–Crippen LogP) is 3.13. The molecule has 2 heterocycles. The van der Waals surface area contributed by atoms with Crippen molar-refractivity contribution in [1.29, 1.82) is 0 Å². The van der Waals surface area contributed by atoms with Gasteiger partial charge in [-0.2, -0.15) is 0 Å². The van der Waals surface area contributed by atoms with E-state index in [0.29, 0.717) is 17.7 Å². The molecule has 1 fully saturated rings. The van der Waals surface area contributed by atoms with Gasteiger partial charge in [-0.1, -0.05) is 18.2 Å². The van der Waals surface area contributed by atoms with E-state index in [9.17, 15) is 18.5 Å². The van der Waals surface area contributed by atoms with Crippen molar-refractivity contribution in [2.45, 2.75) is 24.2 Å². The van der Waals surface area contributed by atoms with E-state index in [2.05, 4.69) is 4.98 Å². The van der Waals surface area contributed by atoms with Crippen LogP contribution in [0.15, 0.2) is 53.7 Å². The molecule has 0 bridgehead atoms. The second kappa shape index (κ2) is 5.66. The topological polar surface area (TPSA) is 95.1 Å². The maximum Gasteiger partial charge on any atom is 0.288 e. The Bertz CT molecular complexity index is 1070. The van der Waals surface area contributed by atoms with Crippen LogP contribution in [-0.4, -0.2) is 22.3 Å². The second-order valence-electron chi connectivity index (χ2n) is 6.24. The summed E-state index contributed by atoms with van der Waals surface area (Å²) in [7, 11) is -3.81. The SMILES string of the molecule is O=[N+]([O-])c1cnc2c(c1)c(CC1CC1)cn2S(=O)(=O)c1ccccc1. The van der Waals surface area contributed by atoms with Gasteiger partial charge in [0.25, 0.3) is 15.7 Å². The van der Waals surface area contributed by atoms with Gasteiger partial charge in [0.05, 0.1) is 9.82 Å². The largest absolute Gasteiger partial charge is 0.288 e. The number of nitrogens with zero attached hydrogens (tertiary/aromatic N) is 3. The predicted molar refractivity (Wildman–Crippen MR) is 91.8 cm³/mol. The molecule has 1 aliphatic carbocycles. The Labute approximate surface area is 144 Å². The minimum absolute atomic E-state index is 0.139. The molecule has 0 amide bonds. The number of benzene rings is 1. The lowest BCUT2D eigenvalue weighted by Crippen LogP contribution is -2.12. The summed E-state index contributed by atoms with van der Waals surface area (Å²) in [6.07, 6.45) is 5.56. The zero-order valence-corrected chi connectivity index (χ0v) is 14.0. The first-order valence-corrected chi connectivity index (χ1v) is 9.36. The highest BCUT2D eigenvalue weighted by atomic mass is 32.2. The van der Waals surface area contributed by atoms with E-state index in [1.54, 1.807) is 24.4 Å². The van der Waals surface area contributed by atoms with Crippen LogP contribution < -0.4 is 0 Å². The molecule has 1 saturated carbocycles. The minimum atomic E-state index is -3.81. The summed E-state index contributed by atoms with van der Waals surface area (Å²) >= 11 is 0. The Morgan fingerprint density at radius 1 is 1.24 bits per heavy atom. The third-order valence-electron chi connectivity index (χ3n) is 4.40. The monoisotopic (exact) mass is 357 g/mol. The fraction of sp³-hybridized carbons (Fsp3) is 0.235. The van der Waals surface area contributed by atoms with E-state index < -0.39 is 14.9 Å². The Morgan fingerprint density at radius 2 is 1.96 bits per heavy atom. The third kappa shape index (κ3) is 2.78. The molecule has 0 atom stereocenters. The summed E-state index contributed by atoms with van der Waals surface area (Å²) in [6, 6.07) is 9.51. The van der Waals surface area contributed by atoms with Crippen molar-refractivity contribution < 1.29 is 13.3 Å². The molecular formula is C17H15N3O4S. The highest BCUT2D eigenvalue weighted by Gasteiger charge is 2.27. The molecule has 8 heteroatoms. The fourth-order valence-corrected chi connectivity index (χ4v) is 4.28. The highest BCUT2D eigenvalue weighted by molar-refractivity contribution is 7.90. The van der Waals surface area contributed by atoms with E-state index in [1.807, 2.05) is 0 Å². The minimum Gasteiger partial charge on any atom is -0.258 e. The standard InChI is InChI=1S/C17H15N3O4S/c21-20(22)14-9-16-13(8-12-6-7-12)11-19(17(16)18-10-14)25(23,24)15-4-2-1-3-5-15/h1-5,9-12H,6-8H2. The molecule has 0 spiro atoms. The lowest BCUT2D eigenvalue weighted by molar-refractivity contribution is -0.385. The van der Waals surface area contributed by atoms with Gasteiger partial charge in [0.1, 0.15) is 6.20 Å². The van der Waals surface area contributed by atoms with Crippen LogP contribution >= 0.6 is 0 Å². The van der Waals surface area contributed by atoms with E-state index in [4.69, 9.17) is 0 Å². The molecule has 4 rings (SSSR count). The molecule has 0 radical (unpaired) electrons. The molecule has 1 aliphatic rings. The van der Waals surface area contributed by atoms with Crippen molar-refractivity contribution in [3.63, 3.8) is 0 Å². The van der Waals surface area contributed by atoms with E-state index in [-0.39, 0.29) is 16.2 Å². The van der Waals surface area contributed by atoms with Gasteiger partial charge in [-0.3, -0.25) is 10.1 Å². The first-order valence-electron chi connectivity index (χ1n) is 7.92. The summed E-state index contributed by atoms with van der Waals surface area (Å²) in [6.45, 7) is 0. The summed E-state index contributed by atoms with van der Waals surface area (Å²) in [5.41, 5.74) is 0.873. The van der Waals surface area contributed by atoms with Crippen molar-refractivity contribution in [3.05, 3.63) is 64.5 Å². The average molecular weight is 357 g/mol. The van der Waals surface area contributed by atoms with Crippen LogP contribution in [0.2, 0.25) is 0 Å². The number of pyridine rings is 1. The van der Waals surface area contributed by atoms with Gasteiger partial charge < -0.3 is 0 Å². The van der Waals surface area contributed by atoms with Gasteiger partial charge in [-0.05, 0) is 42.9 Å². The van der Waals surface area contributed by atoms with E-state index in [0.717, 1.165) is 28.6 Å². The van der Waals surface area contributed by atoms with Crippen LogP contribution in [0.5, 0.6) is 0 Å². The number of hydrogen-bond donors (Lipinski definition) is 0. The number of nitro groups is 1. The maximum absolute atomic E-state index is 13.0. The molecular weight excluding hydrogens is 342 g/mol. The van der Waals surface area contributed by atoms with Gasteiger partial charge in [-0.15, -0.1) is 0 Å². The highest BCUT2D eigenvalue weighted by Crippen LogP contribution is 2.36. The molecule has 0 saturated heterocycles. The Kier molecular flexibility index (Phi) is 3.57. The van der Waals surface area contributed by atoms with Gasteiger partial charge >= 0.3 is 0 Å². The van der Waals surface area contributed by atoms with Gasteiger partial charge in [-0.25, -0.2) is 17.4 Å². The van der Waals surface area contributed by atoms with Crippen LogP contribution in [0, 0.1) is 16.0 Å². The van der Waals surface area contributed by atoms with Crippen molar-refractivity contribution >= 4 is 26.7 Å². The fourth-order valence-electron chi connectivity index (χ4n) is 2.92. The lowest BCUT2D eigenvalue weighted by atomic mass is 10.1. The van der Waals surface area contributed by atoms with E-state index >= 15 is 0 Å². The first-order chi connectivity index (χ1) is 12.0. The van der Waals surface area contributed by atoms with E-state index in [1.165, 1.54) is 18.2 Å². The Morgan fingerprint density at radius 3 is 2.60 bits per heavy atom. The molecule has 7 nitrogen and oxygen atoms in total. The number of fused-ring (bicyclic) bond motifs is 1. The average Bonchev–Trinajstić information content (AvgIpc) is 3.35. The summed E-state index contributed by atoms with van der Waals surface area (Å²) in [5.74, 6) is 0.512. The number of hydrogen-bond acceptors (Lipinski definition) is 5. The van der Waals surface area contributed by atoms with Gasteiger partial charge in [0, 0.05) is 17.6 Å². The third-order valence-corrected chi connectivity index (χ3v) is 6.06. The van der Waals surface area contributed by atoms with Crippen LogP contribution in [-0.2, 0) is 16.4 Å². The molecule has 0 unspecified atom stereocenters. The van der Waals surface area contributed by atoms with Gasteiger partial charge in [0.15, 0.2) is 5.65 Å². The van der Waals surface area contributed by atoms with Crippen LogP contribution in [0.4, 0.5) is 5.69 Å². The van der Waals surface area contributed by atoms with Gasteiger partial charge in [0.2, 0.25) is 0 Å². The quantitative estimate of drug-likeness (QED) is 0.516. The molecule has 2 aromatic heterocycles. The molecule has 128 valence electrons. The lowest BCUT2D eigenvalue weighted by Gasteiger charge is -2.06. The molecule has 0 N–H and O–H groups in total. The molecule has 1 aromatic carbocycles. The Hall–Kier alpha value is -2.74. The summed E-state index contributed by atoms with van der Waals surface area (Å²) in [5, 5.41) is 11.6. The number of aromatic nitrogens is 2. The molecule has 0 aliphatic heterocycles. The van der Waals surface area contributed by atoms with Crippen LogP contribution in [0.25, 0.3) is 11.0 Å². The smallest absolute Gasteiger partial charge is 0.258 e. The maximum atomic E-state index is 13.0. The van der Waals surface area contributed by atoms with Crippen molar-refractivity contribution in [2.24, 2.45) is 5.92 Å². The molecule has 3 aromatic rings.